The Balaban J connectivity index is 0.000000203. The molecule has 20 nitrogen and oxygen atoms in total. The molecule has 498 valence electrons. The summed E-state index contributed by atoms with van der Waals surface area (Å²) in [7, 11) is 0. The molecule has 2 atom stereocenters. The highest BCUT2D eigenvalue weighted by Crippen LogP contribution is 2.34. The number of carbonyl (C=O) groups excluding carboxylic acids is 5. The second kappa shape index (κ2) is 36.0. The number of hydrogen-bond acceptors (Lipinski definition) is 16. The number of nitrogen functional groups attached to an aromatic ring is 1. The van der Waals surface area contributed by atoms with E-state index >= 15 is 0 Å². The van der Waals surface area contributed by atoms with Crippen LogP contribution < -0.4 is 16.0 Å². The second-order valence-electron chi connectivity index (χ2n) is 22.3. The van der Waals surface area contributed by atoms with Gasteiger partial charge in [0, 0.05) is 108 Å². The molecule has 0 bridgehead atoms. The van der Waals surface area contributed by atoms with E-state index in [4.69, 9.17) is 40.5 Å². The number of urea groups is 2. The summed E-state index contributed by atoms with van der Waals surface area (Å²) in [6, 6.07) is 4.92. The Labute approximate surface area is 556 Å². The minimum Gasteiger partial charge on any atom is -0.381 e. The lowest BCUT2D eigenvalue weighted by Crippen LogP contribution is -2.52. The number of aromatic nitrogens is 6. The first-order valence-electron chi connectivity index (χ1n) is 29.7. The van der Waals surface area contributed by atoms with Crippen molar-refractivity contribution in [2.75, 3.05) is 63.0 Å². The van der Waals surface area contributed by atoms with Gasteiger partial charge in [0.1, 0.15) is 34.8 Å². The molecular formula is C60H71Cl3F7N15O5S2. The van der Waals surface area contributed by atoms with Crippen molar-refractivity contribution in [2.24, 2.45) is 28.0 Å². The van der Waals surface area contributed by atoms with E-state index < -0.39 is 52.8 Å². The average Bonchev–Trinajstić information content (AvgIpc) is 1.62. The summed E-state index contributed by atoms with van der Waals surface area (Å²) in [5, 5.41) is 13.8. The van der Waals surface area contributed by atoms with E-state index in [2.05, 4.69) is 45.4 Å². The average molecular weight is 1390 g/mol. The summed E-state index contributed by atoms with van der Waals surface area (Å²) < 4.78 is 94.0. The molecule has 12 rings (SSSR count). The third-order valence-electron chi connectivity index (χ3n) is 16.1. The molecule has 3 aliphatic carbocycles. The number of carbonyl (C=O) groups is 5. The summed E-state index contributed by atoms with van der Waals surface area (Å²) >= 11 is 16.1. The molecule has 3 aromatic heterocycles. The van der Waals surface area contributed by atoms with Crippen LogP contribution in [0.4, 0.5) is 52.1 Å². The minimum absolute atomic E-state index is 0. The summed E-state index contributed by atoms with van der Waals surface area (Å²) in [6.45, 7) is 4.18. The maximum atomic E-state index is 14.3. The Hall–Kier alpha value is -6.79. The van der Waals surface area contributed by atoms with Gasteiger partial charge in [0.25, 0.3) is 0 Å². The van der Waals surface area contributed by atoms with Gasteiger partial charge in [0.15, 0.2) is 23.3 Å². The van der Waals surface area contributed by atoms with Crippen molar-refractivity contribution in [1.29, 1.82) is 0 Å². The lowest BCUT2D eigenvalue weighted by Gasteiger charge is -2.37. The zero-order chi connectivity index (χ0) is 64.4. The van der Waals surface area contributed by atoms with Gasteiger partial charge >= 0.3 is 12.1 Å². The van der Waals surface area contributed by atoms with Crippen LogP contribution in [0.25, 0.3) is 0 Å². The highest BCUT2D eigenvalue weighted by atomic mass is 35.5. The molecule has 4 aliphatic heterocycles. The number of nitrogens with two attached hydrogens (primary N) is 1. The maximum Gasteiger partial charge on any atom is 0.341 e. The first kappa shape index (κ1) is 74.3. The highest BCUT2D eigenvalue weighted by Gasteiger charge is 2.36. The second-order valence-corrected chi connectivity index (χ2v) is 23.3. The van der Waals surface area contributed by atoms with Crippen molar-refractivity contribution in [3.8, 4) is 0 Å². The van der Waals surface area contributed by atoms with Gasteiger partial charge in [-0.1, -0.05) is 38.5 Å². The van der Waals surface area contributed by atoms with Gasteiger partial charge in [0.05, 0.1) is 54.9 Å². The van der Waals surface area contributed by atoms with Crippen LogP contribution in [-0.4, -0.2) is 143 Å². The summed E-state index contributed by atoms with van der Waals surface area (Å²) in [5.74, 6) is -4.08. The topological polar surface area (TPSA) is 242 Å². The monoisotopic (exact) mass is 1380 g/mol. The van der Waals surface area contributed by atoms with Crippen molar-refractivity contribution in [1.82, 2.24) is 55.0 Å². The fourth-order valence-electron chi connectivity index (χ4n) is 11.3. The number of piperazine rings is 2. The maximum absolute atomic E-state index is 14.3. The van der Waals surface area contributed by atoms with Crippen LogP contribution in [0.5, 0.6) is 0 Å². The van der Waals surface area contributed by atoms with E-state index in [0.717, 1.165) is 108 Å². The highest BCUT2D eigenvalue weighted by molar-refractivity contribution is 7.59. The zero-order valence-corrected chi connectivity index (χ0v) is 54.2. The number of Topliss-reactive ketones (excluding diaryl/α,β-unsaturated/α-hetero) is 2. The van der Waals surface area contributed by atoms with Crippen molar-refractivity contribution >= 4 is 115 Å². The predicted octanol–water partition coefficient (Wildman–Crippen LogP) is 11.2. The number of rotatable bonds is 10. The number of amides is 4. The van der Waals surface area contributed by atoms with Gasteiger partial charge in [-0.05, 0) is 109 Å². The first-order valence-corrected chi connectivity index (χ1v) is 30.8. The van der Waals surface area contributed by atoms with E-state index in [9.17, 15) is 54.7 Å². The van der Waals surface area contributed by atoms with Crippen molar-refractivity contribution in [2.45, 2.75) is 115 Å². The molecule has 7 aliphatic rings. The van der Waals surface area contributed by atoms with Gasteiger partial charge in [0.2, 0.25) is 21.8 Å². The smallest absolute Gasteiger partial charge is 0.341 e. The van der Waals surface area contributed by atoms with E-state index in [1.807, 2.05) is 4.90 Å². The molecule has 2 aromatic carbocycles. The summed E-state index contributed by atoms with van der Waals surface area (Å²) in [6.07, 6.45) is 19.2. The molecule has 0 radical (unpaired) electrons. The summed E-state index contributed by atoms with van der Waals surface area (Å²) in [5.41, 5.74) is 5.99. The molecule has 0 unspecified atom stereocenters. The molecule has 2 saturated heterocycles. The van der Waals surface area contributed by atoms with Crippen LogP contribution >= 0.6 is 61.8 Å². The molecule has 0 spiro atoms. The Morgan fingerprint density at radius 3 is 1.32 bits per heavy atom. The van der Waals surface area contributed by atoms with Gasteiger partial charge in [-0.25, -0.2) is 75.3 Å². The Morgan fingerprint density at radius 2 is 0.902 bits per heavy atom. The normalized spacial score (nSPS) is 18.7. The lowest BCUT2D eigenvalue weighted by atomic mass is 9.99. The van der Waals surface area contributed by atoms with Crippen LogP contribution in [0.15, 0.2) is 65.2 Å². The fourth-order valence-corrected chi connectivity index (χ4v) is 11.8. The van der Waals surface area contributed by atoms with E-state index in [1.165, 1.54) is 47.1 Å². The van der Waals surface area contributed by atoms with Crippen molar-refractivity contribution in [3.05, 3.63) is 129 Å². The number of ketones is 2. The van der Waals surface area contributed by atoms with Gasteiger partial charge < -0.3 is 25.8 Å². The number of benzene rings is 2. The molecule has 92 heavy (non-hydrogen) atoms. The number of anilines is 2. The van der Waals surface area contributed by atoms with E-state index in [1.54, 1.807) is 22.2 Å². The van der Waals surface area contributed by atoms with Crippen LogP contribution in [-0.2, 0) is 27.2 Å². The Morgan fingerprint density at radius 1 is 0.511 bits per heavy atom. The lowest BCUT2D eigenvalue weighted by molar-refractivity contribution is -0.122. The van der Waals surface area contributed by atoms with Crippen LogP contribution in [0, 0.1) is 58.5 Å². The summed E-state index contributed by atoms with van der Waals surface area (Å²) in [4.78, 5) is 87.9. The van der Waals surface area contributed by atoms with Crippen molar-refractivity contribution in [3.63, 3.8) is 0 Å². The molecule has 32 heteroatoms. The number of hydrogen-bond donors (Lipinski definition) is 2. The largest absolute Gasteiger partial charge is 0.381 e. The zero-order valence-electron chi connectivity index (χ0n) is 49.9. The van der Waals surface area contributed by atoms with Gasteiger partial charge in [-0.2, -0.15) is 42.2 Å². The third kappa shape index (κ3) is 21.1. The molecule has 5 fully saturated rings. The van der Waals surface area contributed by atoms with Crippen LogP contribution in [0.3, 0.4) is 0 Å². The molecule has 3 saturated carbocycles. The van der Waals surface area contributed by atoms with Crippen LogP contribution in [0.1, 0.15) is 124 Å². The van der Waals surface area contributed by atoms with Crippen LogP contribution in [0.2, 0.25) is 10.6 Å². The molecule has 3 N–H and O–H groups in total. The van der Waals surface area contributed by atoms with Gasteiger partial charge in [-0.3, -0.25) is 14.4 Å². The van der Waals surface area contributed by atoms with E-state index in [-0.39, 0.29) is 114 Å². The number of nitrogens with zero attached hydrogens (tertiary/aromatic N) is 13. The first-order chi connectivity index (χ1) is 43.2. The standard InChI is InChI=1S/C25H27F3N6O2.C14H16F2N4O.C11H12ClFN2O.C6H9ClO.C4H3ClFN3.2H2S/c26-18-11-17(12-19(27)13-18)22-5-6-30-34(22)25(36)33-9-7-32(8-10-33)24-29-15-20(28)21(31-24)14-23(35)16-3-1-2-4-16;15-11-7-10(8-12(16)9-11)13-1-2-18-20(13)14(21)19-5-3-17-4-6-19;12-11-14-6-8(13)9(15-11)5-10(16)7-3-1-2-4-7;7-6(8)5-3-1-2-4-5;5-4-8-1-2(6)3(7)9-4;;/h6,11-13,15-16,22H,1-5,7-10,14H2;2,7-9,13,17H,1,3-6H2;6-7H,1-5H2;5H,1-4H2;1H,(H2,7,8,9);2*1H2/t22-;13-;;;;;/m00...../s1. The number of nitrogens with one attached hydrogen (secondary N) is 1. The third-order valence-corrected chi connectivity index (χ3v) is 16.8. The molecule has 5 aromatic rings. The van der Waals surface area contributed by atoms with E-state index in [0.29, 0.717) is 69.2 Å². The quantitative estimate of drug-likeness (QED) is 0.0751. The van der Waals surface area contributed by atoms with Crippen molar-refractivity contribution < 1.29 is 54.7 Å². The van der Waals surface area contributed by atoms with Gasteiger partial charge in [-0.15, -0.1) is 0 Å². The number of halogens is 10. The SMILES string of the molecule is Nc1nc(Cl)ncc1F.O=C(Cc1nc(Cl)ncc1F)C1CCCC1.O=C(Cc1nc(N2CCN(C(=O)N3N=CC[C@H]3c3cc(F)cc(F)c3)CC2)ncc1F)C1CCCC1.O=C(Cl)C1CCCC1.O=C(N1CCNCC1)N1N=CC[C@H]1c1cc(F)cc(F)c1.S.S. The molecular weight excluding hydrogens is 1310 g/mol. The predicted molar refractivity (Wildman–Crippen MR) is 342 cm³/mol. The fraction of sp³-hybridized carbons (Fsp3) is 0.483. The molecule has 7 heterocycles. The number of hydrazone groups is 2. The molecule has 4 amide bonds. The Bertz CT molecular complexity index is 3360. The Kier molecular flexibility index (Phi) is 29.1. The minimum atomic E-state index is -0.707.